The van der Waals surface area contributed by atoms with E-state index in [1.807, 2.05) is 0 Å². The zero-order chi connectivity index (χ0) is 18.6. The van der Waals surface area contributed by atoms with Crippen LogP contribution in [0.3, 0.4) is 0 Å². The van der Waals surface area contributed by atoms with E-state index in [4.69, 9.17) is 5.73 Å². The molecule has 3 N–H and O–H groups in total. The lowest BCUT2D eigenvalue weighted by Gasteiger charge is -2.30. The summed E-state index contributed by atoms with van der Waals surface area (Å²) in [5.74, 6) is -0.273. The Balaban J connectivity index is 0.00000338. The second-order valence-electron chi connectivity index (χ2n) is 6.46. The maximum atomic E-state index is 12.5. The summed E-state index contributed by atoms with van der Waals surface area (Å²) in [5.41, 5.74) is 5.30. The lowest BCUT2D eigenvalue weighted by Crippen LogP contribution is -2.45. The Morgan fingerprint density at radius 2 is 1.92 bits per heavy atom. The number of nitrogens with two attached hydrogens (primary N) is 1. The van der Waals surface area contributed by atoms with Crippen LogP contribution in [0.2, 0.25) is 0 Å². The van der Waals surface area contributed by atoms with E-state index in [1.54, 1.807) is 0 Å². The quantitative estimate of drug-likeness (QED) is 0.549. The van der Waals surface area contributed by atoms with Crippen LogP contribution in [0.25, 0.3) is 0 Å². The van der Waals surface area contributed by atoms with Crippen LogP contribution < -0.4 is 11.1 Å². The number of nitro benzene ring substituents is 1. The summed E-state index contributed by atoms with van der Waals surface area (Å²) < 4.78 is 23.5. The van der Waals surface area contributed by atoms with Gasteiger partial charge in [-0.05, 0) is 24.8 Å². The van der Waals surface area contributed by atoms with Gasteiger partial charge in [0.1, 0.15) is 0 Å². The van der Waals surface area contributed by atoms with Gasteiger partial charge in [0.05, 0.1) is 9.82 Å². The molecule has 0 spiro atoms. The summed E-state index contributed by atoms with van der Waals surface area (Å²) in [6, 6.07) is 2.96. The number of nitro groups is 1. The minimum atomic E-state index is -3.68. The SMILES string of the molecule is CS(=O)(=O)c1cc(C(=O)NC(CN)C2CCCCC2)cc([N+](=O)[O-])c1.Cl. The fourth-order valence-electron chi connectivity index (χ4n) is 3.19. The molecule has 0 radical (unpaired) electrons. The average molecular weight is 406 g/mol. The Labute approximate surface area is 159 Å². The average Bonchev–Trinajstić information content (AvgIpc) is 2.59. The molecule has 26 heavy (non-hydrogen) atoms. The van der Waals surface area contributed by atoms with Crippen molar-refractivity contribution in [2.75, 3.05) is 12.8 Å². The first-order valence-electron chi connectivity index (χ1n) is 8.23. The van der Waals surface area contributed by atoms with Crippen molar-refractivity contribution in [2.24, 2.45) is 11.7 Å². The van der Waals surface area contributed by atoms with Crippen molar-refractivity contribution in [3.8, 4) is 0 Å². The molecule has 1 fully saturated rings. The zero-order valence-corrected chi connectivity index (χ0v) is 16.1. The largest absolute Gasteiger partial charge is 0.348 e. The van der Waals surface area contributed by atoms with E-state index in [0.717, 1.165) is 50.1 Å². The summed E-state index contributed by atoms with van der Waals surface area (Å²) in [5, 5.41) is 13.9. The Kier molecular flexibility index (Phi) is 7.98. The van der Waals surface area contributed by atoms with Crippen molar-refractivity contribution in [2.45, 2.75) is 43.0 Å². The van der Waals surface area contributed by atoms with E-state index in [9.17, 15) is 23.3 Å². The van der Waals surface area contributed by atoms with Crippen LogP contribution in [0.4, 0.5) is 5.69 Å². The zero-order valence-electron chi connectivity index (χ0n) is 14.5. The number of carbonyl (C=O) groups is 1. The number of amides is 1. The predicted molar refractivity (Wildman–Crippen MR) is 100 cm³/mol. The number of nitrogens with one attached hydrogen (secondary N) is 1. The Bertz CT molecular complexity index is 763. The molecule has 1 saturated carbocycles. The summed E-state index contributed by atoms with van der Waals surface area (Å²) in [4.78, 5) is 22.6. The number of halogens is 1. The molecule has 0 saturated heterocycles. The molecule has 0 bridgehead atoms. The van der Waals surface area contributed by atoms with Crippen LogP contribution in [-0.2, 0) is 9.84 Å². The van der Waals surface area contributed by atoms with Crippen molar-refractivity contribution in [1.29, 1.82) is 0 Å². The summed E-state index contributed by atoms with van der Waals surface area (Å²) in [6.45, 7) is 0.268. The lowest BCUT2D eigenvalue weighted by atomic mass is 9.84. The Morgan fingerprint density at radius 1 is 1.31 bits per heavy atom. The molecule has 0 aliphatic heterocycles. The predicted octanol–water partition coefficient (Wildman–Crippen LogP) is 2.06. The molecular formula is C16H24ClN3O5S. The highest BCUT2D eigenvalue weighted by molar-refractivity contribution is 7.90. The molecule has 1 aromatic rings. The van der Waals surface area contributed by atoms with Crippen LogP contribution >= 0.6 is 12.4 Å². The standard InChI is InChI=1S/C16H23N3O5S.ClH/c1-25(23,24)14-8-12(7-13(9-14)19(21)22)16(20)18-15(10-17)11-5-3-2-4-6-11;/h7-9,11,15H,2-6,10,17H2,1H3,(H,18,20);1H. The highest BCUT2D eigenvalue weighted by Gasteiger charge is 2.26. The van der Waals surface area contributed by atoms with E-state index >= 15 is 0 Å². The number of nitrogens with zero attached hydrogens (tertiary/aromatic N) is 1. The van der Waals surface area contributed by atoms with Gasteiger partial charge in [0.2, 0.25) is 0 Å². The topological polar surface area (TPSA) is 132 Å². The van der Waals surface area contributed by atoms with Crippen LogP contribution in [0.5, 0.6) is 0 Å². The van der Waals surface area contributed by atoms with Gasteiger partial charge in [0, 0.05) is 36.5 Å². The minimum absolute atomic E-state index is 0. The van der Waals surface area contributed by atoms with Crippen LogP contribution in [0.1, 0.15) is 42.5 Å². The fraction of sp³-hybridized carbons (Fsp3) is 0.562. The van der Waals surface area contributed by atoms with Gasteiger partial charge in [0.15, 0.2) is 9.84 Å². The molecule has 10 heteroatoms. The fourth-order valence-corrected chi connectivity index (χ4v) is 3.87. The monoisotopic (exact) mass is 405 g/mol. The molecule has 1 amide bonds. The number of sulfone groups is 1. The number of carbonyl (C=O) groups excluding carboxylic acids is 1. The van der Waals surface area contributed by atoms with E-state index < -0.39 is 26.4 Å². The van der Waals surface area contributed by atoms with Crippen molar-refractivity contribution < 1.29 is 18.1 Å². The molecule has 1 aromatic carbocycles. The van der Waals surface area contributed by atoms with E-state index in [0.29, 0.717) is 0 Å². The third-order valence-corrected chi connectivity index (χ3v) is 5.67. The summed E-state index contributed by atoms with van der Waals surface area (Å²) in [6.07, 6.45) is 6.25. The summed E-state index contributed by atoms with van der Waals surface area (Å²) >= 11 is 0. The van der Waals surface area contributed by atoms with E-state index in [1.165, 1.54) is 6.42 Å². The van der Waals surface area contributed by atoms with Gasteiger partial charge in [-0.2, -0.15) is 0 Å². The van der Waals surface area contributed by atoms with E-state index in [2.05, 4.69) is 5.32 Å². The van der Waals surface area contributed by atoms with Gasteiger partial charge in [-0.3, -0.25) is 14.9 Å². The molecule has 0 aromatic heterocycles. The summed E-state index contributed by atoms with van der Waals surface area (Å²) in [7, 11) is -3.68. The molecule has 8 nitrogen and oxygen atoms in total. The van der Waals surface area contributed by atoms with Crippen LogP contribution in [0.15, 0.2) is 23.1 Å². The first kappa shape index (κ1) is 22.3. The van der Waals surface area contributed by atoms with Gasteiger partial charge < -0.3 is 11.1 Å². The molecule has 1 aliphatic carbocycles. The van der Waals surface area contributed by atoms with Crippen LogP contribution in [0, 0.1) is 16.0 Å². The number of hydrogen-bond acceptors (Lipinski definition) is 6. The highest BCUT2D eigenvalue weighted by Crippen LogP contribution is 2.27. The number of rotatable bonds is 6. The smallest absolute Gasteiger partial charge is 0.271 e. The van der Waals surface area contributed by atoms with Crippen LogP contribution in [-0.4, -0.2) is 38.1 Å². The van der Waals surface area contributed by atoms with Gasteiger partial charge in [-0.15, -0.1) is 12.4 Å². The molecule has 146 valence electrons. The maximum absolute atomic E-state index is 12.5. The minimum Gasteiger partial charge on any atom is -0.348 e. The molecule has 0 heterocycles. The van der Waals surface area contributed by atoms with Crippen molar-refractivity contribution in [3.63, 3.8) is 0 Å². The lowest BCUT2D eigenvalue weighted by molar-refractivity contribution is -0.385. The highest BCUT2D eigenvalue weighted by atomic mass is 35.5. The second-order valence-corrected chi connectivity index (χ2v) is 8.47. The van der Waals surface area contributed by atoms with Gasteiger partial charge in [-0.25, -0.2) is 8.42 Å². The maximum Gasteiger partial charge on any atom is 0.271 e. The van der Waals surface area contributed by atoms with Crippen molar-refractivity contribution >= 4 is 33.8 Å². The second kappa shape index (κ2) is 9.29. The molecule has 2 rings (SSSR count). The number of non-ortho nitro benzene ring substituents is 1. The molecular weight excluding hydrogens is 382 g/mol. The first-order valence-corrected chi connectivity index (χ1v) is 10.1. The molecule has 1 unspecified atom stereocenters. The molecule has 1 atom stereocenters. The van der Waals surface area contributed by atoms with Gasteiger partial charge >= 0.3 is 0 Å². The van der Waals surface area contributed by atoms with Crippen molar-refractivity contribution in [1.82, 2.24) is 5.32 Å². The first-order chi connectivity index (χ1) is 11.7. The van der Waals surface area contributed by atoms with Gasteiger partial charge in [-0.1, -0.05) is 19.3 Å². The van der Waals surface area contributed by atoms with Crippen molar-refractivity contribution in [3.05, 3.63) is 33.9 Å². The van der Waals surface area contributed by atoms with Gasteiger partial charge in [0.25, 0.3) is 11.6 Å². The normalized spacial score (nSPS) is 16.4. The Morgan fingerprint density at radius 3 is 2.42 bits per heavy atom. The third kappa shape index (κ3) is 5.65. The van der Waals surface area contributed by atoms with E-state index in [-0.39, 0.29) is 41.4 Å². The number of hydrogen-bond donors (Lipinski definition) is 2. The Hall–Kier alpha value is -1.71. The molecule has 1 aliphatic rings. The third-order valence-electron chi connectivity index (χ3n) is 4.58. The number of benzene rings is 1.